The van der Waals surface area contributed by atoms with Gasteiger partial charge in [0.25, 0.3) is 11.5 Å². The van der Waals surface area contributed by atoms with Crippen molar-refractivity contribution >= 4 is 5.91 Å². The number of carbonyl (C=O) groups is 1. The third-order valence-corrected chi connectivity index (χ3v) is 4.71. The average molecular weight is 334 g/mol. The molecular weight excluding hydrogens is 304 g/mol. The quantitative estimate of drug-likeness (QED) is 0.739. The molecule has 1 amide bonds. The van der Waals surface area contributed by atoms with E-state index in [1.165, 1.54) is 48.9 Å². The van der Waals surface area contributed by atoms with Crippen molar-refractivity contribution in [3.8, 4) is 0 Å². The molecule has 1 aromatic heterocycles. The number of carbonyl (C=O) groups excluding carboxylic acids is 1. The molecule has 1 aliphatic rings. The number of nitrogens with one attached hydrogen (secondary N) is 1. The van der Waals surface area contributed by atoms with E-state index in [2.05, 4.69) is 22.4 Å². The van der Waals surface area contributed by atoms with Gasteiger partial charge in [0.2, 0.25) is 0 Å². The molecule has 0 aromatic carbocycles. The summed E-state index contributed by atoms with van der Waals surface area (Å²) in [5.74, 6) is -0.208. The largest absolute Gasteiger partial charge is 0.351 e. The molecule has 1 aliphatic carbocycles. The zero-order valence-corrected chi connectivity index (χ0v) is 15.0. The molecule has 2 rings (SSSR count). The predicted octanol–water partition coefficient (Wildman–Crippen LogP) is 2.04. The molecule has 1 aromatic rings. The smallest absolute Gasteiger partial charge is 0.271 e. The van der Waals surface area contributed by atoms with Gasteiger partial charge in [0, 0.05) is 25.2 Å². The van der Waals surface area contributed by atoms with Crippen LogP contribution in [0.15, 0.2) is 16.9 Å². The minimum Gasteiger partial charge on any atom is -0.351 e. The van der Waals surface area contributed by atoms with E-state index < -0.39 is 0 Å². The Bertz CT molecular complexity index is 579. The van der Waals surface area contributed by atoms with E-state index in [9.17, 15) is 9.59 Å². The van der Waals surface area contributed by atoms with Crippen molar-refractivity contribution in [2.45, 2.75) is 64.5 Å². The fourth-order valence-electron chi connectivity index (χ4n) is 3.27. The minimum atomic E-state index is -0.208. The van der Waals surface area contributed by atoms with Crippen molar-refractivity contribution in [3.05, 3.63) is 28.2 Å². The molecule has 0 saturated heterocycles. The summed E-state index contributed by atoms with van der Waals surface area (Å²) in [5.41, 5.74) is 0.145. The van der Waals surface area contributed by atoms with E-state index in [0.29, 0.717) is 24.8 Å². The summed E-state index contributed by atoms with van der Waals surface area (Å²) in [5, 5.41) is 7.03. The van der Waals surface area contributed by atoms with Gasteiger partial charge < -0.3 is 10.2 Å². The van der Waals surface area contributed by atoms with Gasteiger partial charge in [-0.05, 0) is 45.3 Å². The molecule has 6 heteroatoms. The van der Waals surface area contributed by atoms with Crippen LogP contribution < -0.4 is 10.9 Å². The Kier molecular flexibility index (Phi) is 7.43. The van der Waals surface area contributed by atoms with Gasteiger partial charge in [0.15, 0.2) is 0 Å². The van der Waals surface area contributed by atoms with Crippen LogP contribution in [0.1, 0.15) is 62.4 Å². The standard InChI is InChI=1S/C18H30N4O2/c1-3-13-22-17(23)11-10-16(20-22)18(24)19-12-7-14-21(2)15-8-5-4-6-9-15/h10-11,15H,3-9,12-14H2,1-2H3,(H,19,24). The van der Waals surface area contributed by atoms with Crippen molar-refractivity contribution < 1.29 is 4.79 Å². The van der Waals surface area contributed by atoms with E-state index in [1.54, 1.807) is 0 Å². The highest BCUT2D eigenvalue weighted by atomic mass is 16.2. The molecule has 24 heavy (non-hydrogen) atoms. The number of hydrogen-bond acceptors (Lipinski definition) is 4. The molecule has 1 saturated carbocycles. The summed E-state index contributed by atoms with van der Waals surface area (Å²) in [4.78, 5) is 26.2. The number of aromatic nitrogens is 2. The lowest BCUT2D eigenvalue weighted by Crippen LogP contribution is -2.36. The van der Waals surface area contributed by atoms with Crippen LogP contribution >= 0.6 is 0 Å². The maximum atomic E-state index is 12.2. The Morgan fingerprint density at radius 2 is 2.08 bits per heavy atom. The number of amides is 1. The summed E-state index contributed by atoms with van der Waals surface area (Å²) < 4.78 is 1.35. The molecule has 0 bridgehead atoms. The summed E-state index contributed by atoms with van der Waals surface area (Å²) in [7, 11) is 2.18. The summed E-state index contributed by atoms with van der Waals surface area (Å²) in [6.45, 7) is 4.13. The number of nitrogens with zero attached hydrogens (tertiary/aromatic N) is 3. The lowest BCUT2D eigenvalue weighted by Gasteiger charge is -2.31. The molecule has 0 aliphatic heterocycles. The van der Waals surface area contributed by atoms with Gasteiger partial charge in [-0.2, -0.15) is 5.10 Å². The molecule has 6 nitrogen and oxygen atoms in total. The van der Waals surface area contributed by atoms with Crippen LogP contribution in [0.2, 0.25) is 0 Å². The fourth-order valence-corrected chi connectivity index (χ4v) is 3.27. The fraction of sp³-hybridized carbons (Fsp3) is 0.722. The highest BCUT2D eigenvalue weighted by Crippen LogP contribution is 2.21. The van der Waals surface area contributed by atoms with E-state index in [0.717, 1.165) is 19.4 Å². The molecule has 134 valence electrons. The van der Waals surface area contributed by atoms with Gasteiger partial charge in [0.05, 0.1) is 0 Å². The Balaban J connectivity index is 1.74. The average Bonchev–Trinajstić information content (AvgIpc) is 2.61. The van der Waals surface area contributed by atoms with E-state index in [-0.39, 0.29) is 11.5 Å². The van der Waals surface area contributed by atoms with Gasteiger partial charge in [-0.3, -0.25) is 9.59 Å². The Morgan fingerprint density at radius 3 is 2.79 bits per heavy atom. The zero-order chi connectivity index (χ0) is 17.4. The van der Waals surface area contributed by atoms with Crippen molar-refractivity contribution in [2.24, 2.45) is 0 Å². The van der Waals surface area contributed by atoms with Gasteiger partial charge in [-0.25, -0.2) is 4.68 Å². The third kappa shape index (κ3) is 5.44. The van der Waals surface area contributed by atoms with Crippen molar-refractivity contribution in [3.63, 3.8) is 0 Å². The van der Waals surface area contributed by atoms with Crippen LogP contribution in [0, 0.1) is 0 Å². The number of rotatable bonds is 8. The molecular formula is C18H30N4O2. The van der Waals surface area contributed by atoms with Crippen LogP contribution in [0.25, 0.3) is 0 Å². The van der Waals surface area contributed by atoms with E-state index >= 15 is 0 Å². The molecule has 0 spiro atoms. The van der Waals surface area contributed by atoms with Gasteiger partial charge in [-0.15, -0.1) is 0 Å². The first-order chi connectivity index (χ1) is 11.6. The first kappa shape index (κ1) is 18.6. The Hall–Kier alpha value is -1.69. The SMILES string of the molecule is CCCn1nc(C(=O)NCCCN(C)C2CCCCC2)ccc1=O. The molecule has 1 N–H and O–H groups in total. The molecule has 0 unspecified atom stereocenters. The van der Waals surface area contributed by atoms with Gasteiger partial charge in [0.1, 0.15) is 5.69 Å². The van der Waals surface area contributed by atoms with Crippen LogP contribution in [-0.4, -0.2) is 46.8 Å². The molecule has 0 atom stereocenters. The monoisotopic (exact) mass is 334 g/mol. The van der Waals surface area contributed by atoms with Crippen molar-refractivity contribution in [1.29, 1.82) is 0 Å². The first-order valence-corrected chi connectivity index (χ1v) is 9.18. The second-order valence-corrected chi connectivity index (χ2v) is 6.66. The number of hydrogen-bond donors (Lipinski definition) is 1. The zero-order valence-electron chi connectivity index (χ0n) is 15.0. The topological polar surface area (TPSA) is 67.2 Å². The van der Waals surface area contributed by atoms with E-state index in [1.807, 2.05) is 6.92 Å². The second kappa shape index (κ2) is 9.57. The predicted molar refractivity (Wildman–Crippen MR) is 95.2 cm³/mol. The van der Waals surface area contributed by atoms with Gasteiger partial charge >= 0.3 is 0 Å². The van der Waals surface area contributed by atoms with Crippen LogP contribution in [0.3, 0.4) is 0 Å². The first-order valence-electron chi connectivity index (χ1n) is 9.18. The second-order valence-electron chi connectivity index (χ2n) is 6.66. The summed E-state index contributed by atoms with van der Waals surface area (Å²) in [6.07, 6.45) is 8.37. The lowest BCUT2D eigenvalue weighted by atomic mass is 9.94. The normalized spacial score (nSPS) is 15.6. The van der Waals surface area contributed by atoms with E-state index in [4.69, 9.17) is 0 Å². The lowest BCUT2D eigenvalue weighted by molar-refractivity contribution is 0.0943. The van der Waals surface area contributed by atoms with Crippen molar-refractivity contribution in [1.82, 2.24) is 20.0 Å². The van der Waals surface area contributed by atoms with Crippen LogP contribution in [0.4, 0.5) is 0 Å². The van der Waals surface area contributed by atoms with Crippen LogP contribution in [-0.2, 0) is 6.54 Å². The minimum absolute atomic E-state index is 0.164. The number of aryl methyl sites for hydroxylation is 1. The maximum Gasteiger partial charge on any atom is 0.271 e. The highest BCUT2D eigenvalue weighted by Gasteiger charge is 2.17. The van der Waals surface area contributed by atoms with Crippen LogP contribution in [0.5, 0.6) is 0 Å². The highest BCUT2D eigenvalue weighted by molar-refractivity contribution is 5.91. The van der Waals surface area contributed by atoms with Gasteiger partial charge in [-0.1, -0.05) is 26.2 Å². The Morgan fingerprint density at radius 1 is 1.33 bits per heavy atom. The molecule has 1 heterocycles. The summed E-state index contributed by atoms with van der Waals surface area (Å²) >= 11 is 0. The third-order valence-electron chi connectivity index (χ3n) is 4.71. The maximum absolute atomic E-state index is 12.2. The Labute approximate surface area is 144 Å². The van der Waals surface area contributed by atoms with Crippen molar-refractivity contribution in [2.75, 3.05) is 20.1 Å². The summed E-state index contributed by atoms with van der Waals surface area (Å²) in [6, 6.07) is 3.61. The molecule has 0 radical (unpaired) electrons. The molecule has 1 fully saturated rings.